The van der Waals surface area contributed by atoms with E-state index in [1.54, 1.807) is 12.1 Å². The van der Waals surface area contributed by atoms with Gasteiger partial charge in [0.2, 0.25) is 0 Å². The maximum absolute atomic E-state index is 11.9. The Balaban J connectivity index is 1.91. The van der Waals surface area contributed by atoms with Gasteiger partial charge in [0.15, 0.2) is 0 Å². The molecule has 1 aromatic carbocycles. The van der Waals surface area contributed by atoms with Crippen LogP contribution in [0.15, 0.2) is 18.3 Å². The fraction of sp³-hybridized carbons (Fsp3) is 0.529. The second-order valence-electron chi connectivity index (χ2n) is 6.07. The molecule has 1 aromatic heterocycles. The van der Waals surface area contributed by atoms with Crippen LogP contribution in [0.25, 0.3) is 10.9 Å². The highest BCUT2D eigenvalue weighted by molar-refractivity contribution is 5.97. The monoisotopic (exact) mass is 318 g/mol. The molecule has 6 nitrogen and oxygen atoms in total. The predicted octanol–water partition coefficient (Wildman–Crippen LogP) is 2.56. The summed E-state index contributed by atoms with van der Waals surface area (Å²) in [7, 11) is 2.88. The molecule has 124 valence electrons. The highest BCUT2D eigenvalue weighted by Gasteiger charge is 2.23. The quantitative estimate of drug-likeness (QED) is 0.877. The average molecular weight is 318 g/mol. The first-order valence-electron chi connectivity index (χ1n) is 7.92. The summed E-state index contributed by atoms with van der Waals surface area (Å²) in [6.07, 6.45) is 6.05. The largest absolute Gasteiger partial charge is 0.496 e. The van der Waals surface area contributed by atoms with Gasteiger partial charge in [-0.2, -0.15) is 5.10 Å². The summed E-state index contributed by atoms with van der Waals surface area (Å²) in [4.78, 5) is 11.9. The highest BCUT2D eigenvalue weighted by Crippen LogP contribution is 2.33. The molecule has 0 aliphatic heterocycles. The number of ether oxygens (including phenoxy) is 2. The van der Waals surface area contributed by atoms with Crippen LogP contribution in [0.3, 0.4) is 0 Å². The van der Waals surface area contributed by atoms with Crippen LogP contribution in [0.5, 0.6) is 5.75 Å². The van der Waals surface area contributed by atoms with Crippen LogP contribution < -0.4 is 4.74 Å². The minimum absolute atomic E-state index is 0.271. The number of hydrogen-bond donors (Lipinski definition) is 1. The number of carbonyl (C=O) groups excluding carboxylic acids is 1. The number of rotatable bonds is 4. The van der Waals surface area contributed by atoms with Gasteiger partial charge in [-0.15, -0.1) is 0 Å². The van der Waals surface area contributed by atoms with Gasteiger partial charge in [-0.1, -0.05) is 0 Å². The van der Waals surface area contributed by atoms with Crippen LogP contribution in [0.2, 0.25) is 0 Å². The van der Waals surface area contributed by atoms with Crippen molar-refractivity contribution in [3.05, 3.63) is 23.9 Å². The summed E-state index contributed by atoms with van der Waals surface area (Å²) < 4.78 is 12.1. The number of nitrogens with zero attached hydrogens (tertiary/aromatic N) is 2. The van der Waals surface area contributed by atoms with Crippen LogP contribution in [-0.2, 0) is 4.74 Å². The molecule has 0 amide bonds. The Labute approximate surface area is 135 Å². The second-order valence-corrected chi connectivity index (χ2v) is 6.07. The maximum Gasteiger partial charge on any atom is 0.341 e. The second kappa shape index (κ2) is 6.58. The Bertz CT molecular complexity index is 702. The zero-order valence-electron chi connectivity index (χ0n) is 13.5. The molecule has 1 N–H and O–H groups in total. The van der Waals surface area contributed by atoms with Crippen LogP contribution in [-0.4, -0.2) is 41.7 Å². The molecule has 0 saturated heterocycles. The summed E-state index contributed by atoms with van der Waals surface area (Å²) in [5.41, 5.74) is 1.21. The van der Waals surface area contributed by atoms with Crippen LogP contribution in [0, 0.1) is 5.92 Å². The van der Waals surface area contributed by atoms with Gasteiger partial charge in [-0.3, -0.25) is 4.68 Å². The number of benzene rings is 1. The van der Waals surface area contributed by atoms with Gasteiger partial charge in [0.25, 0.3) is 0 Å². The molecule has 0 bridgehead atoms. The van der Waals surface area contributed by atoms with Gasteiger partial charge in [0, 0.05) is 24.3 Å². The third kappa shape index (κ3) is 3.03. The summed E-state index contributed by atoms with van der Waals surface area (Å²) in [6.45, 7) is 0.271. The van der Waals surface area contributed by atoms with Crippen molar-refractivity contribution in [3.63, 3.8) is 0 Å². The number of aliphatic hydroxyl groups is 1. The zero-order valence-corrected chi connectivity index (χ0v) is 13.5. The van der Waals surface area contributed by atoms with Crippen LogP contribution >= 0.6 is 0 Å². The van der Waals surface area contributed by atoms with E-state index < -0.39 is 5.97 Å². The van der Waals surface area contributed by atoms with Crippen molar-refractivity contribution in [3.8, 4) is 5.75 Å². The molecular formula is C17H22N2O4. The minimum Gasteiger partial charge on any atom is -0.496 e. The molecule has 1 heterocycles. The van der Waals surface area contributed by atoms with Crippen molar-refractivity contribution in [2.45, 2.75) is 31.7 Å². The van der Waals surface area contributed by atoms with Crippen molar-refractivity contribution in [2.24, 2.45) is 5.92 Å². The molecular weight excluding hydrogens is 296 g/mol. The number of fused-ring (bicyclic) bond motifs is 1. The lowest BCUT2D eigenvalue weighted by Crippen LogP contribution is -2.20. The standard InChI is InChI=1S/C17H22N2O4/c1-22-16-8-15-12(7-14(16)17(21)23-2)9-19(18-15)13-5-3-11(10-20)4-6-13/h7-9,11,13,20H,3-6,10H2,1-2H3. The molecule has 2 aromatic rings. The Kier molecular flexibility index (Phi) is 4.52. The van der Waals surface area contributed by atoms with E-state index in [1.807, 2.05) is 10.9 Å². The molecule has 0 unspecified atom stereocenters. The molecule has 1 aliphatic rings. The van der Waals surface area contributed by atoms with E-state index in [0.29, 0.717) is 23.3 Å². The molecule has 23 heavy (non-hydrogen) atoms. The first kappa shape index (κ1) is 15.8. The fourth-order valence-corrected chi connectivity index (χ4v) is 3.29. The summed E-state index contributed by atoms with van der Waals surface area (Å²) in [5.74, 6) is 0.473. The summed E-state index contributed by atoms with van der Waals surface area (Å²) in [6, 6.07) is 3.89. The number of methoxy groups -OCH3 is 2. The van der Waals surface area contributed by atoms with E-state index in [9.17, 15) is 9.90 Å². The Morgan fingerprint density at radius 3 is 2.65 bits per heavy atom. The summed E-state index contributed by atoms with van der Waals surface area (Å²) in [5, 5.41) is 14.8. The van der Waals surface area contributed by atoms with Gasteiger partial charge in [0.05, 0.1) is 25.8 Å². The lowest BCUT2D eigenvalue weighted by atomic mass is 9.87. The molecule has 0 spiro atoms. The molecule has 0 atom stereocenters. The molecule has 1 saturated carbocycles. The van der Waals surface area contributed by atoms with E-state index in [-0.39, 0.29) is 6.61 Å². The van der Waals surface area contributed by atoms with E-state index in [2.05, 4.69) is 5.10 Å². The smallest absolute Gasteiger partial charge is 0.341 e. The van der Waals surface area contributed by atoms with Gasteiger partial charge < -0.3 is 14.6 Å². The summed E-state index contributed by atoms with van der Waals surface area (Å²) >= 11 is 0. The number of carbonyl (C=O) groups is 1. The van der Waals surface area contributed by atoms with Crippen molar-refractivity contribution < 1.29 is 19.4 Å². The number of esters is 1. The Morgan fingerprint density at radius 2 is 2.04 bits per heavy atom. The number of hydrogen-bond acceptors (Lipinski definition) is 5. The normalized spacial score (nSPS) is 21.3. The van der Waals surface area contributed by atoms with Crippen LogP contribution in [0.1, 0.15) is 42.1 Å². The molecule has 3 rings (SSSR count). The lowest BCUT2D eigenvalue weighted by Gasteiger charge is -2.27. The molecule has 1 fully saturated rings. The maximum atomic E-state index is 11.9. The Morgan fingerprint density at radius 1 is 1.30 bits per heavy atom. The van der Waals surface area contributed by atoms with Gasteiger partial charge >= 0.3 is 5.97 Å². The zero-order chi connectivity index (χ0) is 16.4. The molecule has 0 radical (unpaired) electrons. The first-order valence-corrected chi connectivity index (χ1v) is 7.92. The third-order valence-electron chi connectivity index (χ3n) is 4.70. The van der Waals surface area contributed by atoms with Crippen molar-refractivity contribution >= 4 is 16.9 Å². The van der Waals surface area contributed by atoms with E-state index in [0.717, 1.165) is 36.6 Å². The van der Waals surface area contributed by atoms with Crippen molar-refractivity contribution in [2.75, 3.05) is 20.8 Å². The fourth-order valence-electron chi connectivity index (χ4n) is 3.29. The minimum atomic E-state index is -0.417. The molecule has 6 heteroatoms. The van der Waals surface area contributed by atoms with E-state index >= 15 is 0 Å². The van der Waals surface area contributed by atoms with Crippen LogP contribution in [0.4, 0.5) is 0 Å². The van der Waals surface area contributed by atoms with Gasteiger partial charge in [-0.05, 0) is 37.7 Å². The lowest BCUT2D eigenvalue weighted by molar-refractivity contribution is 0.0597. The number of aliphatic hydroxyl groups excluding tert-OH is 1. The van der Waals surface area contributed by atoms with Gasteiger partial charge in [0.1, 0.15) is 11.3 Å². The highest BCUT2D eigenvalue weighted by atomic mass is 16.5. The van der Waals surface area contributed by atoms with Crippen molar-refractivity contribution in [1.82, 2.24) is 9.78 Å². The SMILES string of the molecule is COC(=O)c1cc2cn(C3CCC(CO)CC3)nc2cc1OC. The predicted molar refractivity (Wildman–Crippen MR) is 85.7 cm³/mol. The van der Waals surface area contributed by atoms with Gasteiger partial charge in [-0.25, -0.2) is 4.79 Å². The third-order valence-corrected chi connectivity index (χ3v) is 4.70. The average Bonchev–Trinajstić information content (AvgIpc) is 3.02. The van der Waals surface area contributed by atoms with Crippen molar-refractivity contribution in [1.29, 1.82) is 0 Å². The van der Waals surface area contributed by atoms with E-state index in [4.69, 9.17) is 9.47 Å². The Hall–Kier alpha value is -2.08. The van der Waals surface area contributed by atoms with E-state index in [1.165, 1.54) is 14.2 Å². The first-order chi connectivity index (χ1) is 11.2. The topological polar surface area (TPSA) is 73.6 Å². The number of aromatic nitrogens is 2. The molecule has 1 aliphatic carbocycles.